The molecule has 0 aromatic rings. The van der Waals surface area contributed by atoms with Gasteiger partial charge in [0.2, 0.25) is 5.96 Å². The van der Waals surface area contributed by atoms with Crippen LogP contribution in [0.5, 0.6) is 0 Å². The number of nitrogens with zero attached hydrogens (tertiary/aromatic N) is 2. The minimum atomic E-state index is 0.159. The summed E-state index contributed by atoms with van der Waals surface area (Å²) in [6.45, 7) is 6.21. The lowest BCUT2D eigenvalue weighted by molar-refractivity contribution is 0.270. The maximum absolute atomic E-state index is 8.36. The quantitative estimate of drug-likeness (QED) is 0.269. The average molecular weight is 159 g/mol. The SMILES string of the molecule is CC(C)C(C)N(C)/C(N)=N/O. The molecule has 1 unspecified atom stereocenters. The smallest absolute Gasteiger partial charge is 0.233 e. The minimum absolute atomic E-state index is 0.159. The fourth-order valence-electron chi connectivity index (χ4n) is 0.726. The second kappa shape index (κ2) is 4.05. The van der Waals surface area contributed by atoms with E-state index in [1.54, 1.807) is 11.9 Å². The van der Waals surface area contributed by atoms with E-state index in [1.165, 1.54) is 0 Å². The maximum Gasteiger partial charge on any atom is 0.233 e. The van der Waals surface area contributed by atoms with Crippen LogP contribution in [0, 0.1) is 5.92 Å². The highest BCUT2D eigenvalue weighted by atomic mass is 16.4. The number of nitrogens with two attached hydrogens (primary N) is 1. The summed E-state index contributed by atoms with van der Waals surface area (Å²) in [4.78, 5) is 1.74. The van der Waals surface area contributed by atoms with Crippen molar-refractivity contribution in [3.05, 3.63) is 0 Å². The van der Waals surface area contributed by atoms with Crippen LogP contribution in [0.15, 0.2) is 5.16 Å². The molecule has 0 spiro atoms. The summed E-state index contributed by atoms with van der Waals surface area (Å²) in [6, 6.07) is 0.283. The Morgan fingerprint density at radius 2 is 1.91 bits per heavy atom. The Bertz CT molecular complexity index is 145. The molecule has 0 bridgehead atoms. The van der Waals surface area contributed by atoms with Crippen molar-refractivity contribution in [2.45, 2.75) is 26.8 Å². The van der Waals surface area contributed by atoms with Gasteiger partial charge in [-0.15, -0.1) is 0 Å². The van der Waals surface area contributed by atoms with E-state index >= 15 is 0 Å². The summed E-state index contributed by atoms with van der Waals surface area (Å²) in [5.41, 5.74) is 5.38. The second-order valence-electron chi connectivity index (χ2n) is 3.05. The van der Waals surface area contributed by atoms with Crippen molar-refractivity contribution in [1.82, 2.24) is 4.90 Å². The zero-order valence-electron chi connectivity index (χ0n) is 7.57. The van der Waals surface area contributed by atoms with Crippen LogP contribution in [0.2, 0.25) is 0 Å². The van der Waals surface area contributed by atoms with E-state index in [9.17, 15) is 0 Å². The first-order valence-corrected chi connectivity index (χ1v) is 3.71. The molecule has 66 valence electrons. The van der Waals surface area contributed by atoms with Crippen LogP contribution < -0.4 is 5.73 Å². The van der Waals surface area contributed by atoms with Crippen molar-refractivity contribution in [3.8, 4) is 0 Å². The fourth-order valence-corrected chi connectivity index (χ4v) is 0.726. The molecule has 0 amide bonds. The molecule has 0 aliphatic rings. The molecule has 11 heavy (non-hydrogen) atoms. The predicted molar refractivity (Wildman–Crippen MR) is 45.5 cm³/mol. The second-order valence-corrected chi connectivity index (χ2v) is 3.05. The Balaban J connectivity index is 4.13. The summed E-state index contributed by atoms with van der Waals surface area (Å²) < 4.78 is 0. The highest BCUT2D eigenvalue weighted by Crippen LogP contribution is 2.06. The van der Waals surface area contributed by atoms with Crippen molar-refractivity contribution in [2.75, 3.05) is 7.05 Å². The predicted octanol–water partition coefficient (Wildman–Crippen LogP) is 0.667. The third-order valence-corrected chi connectivity index (χ3v) is 2.04. The van der Waals surface area contributed by atoms with E-state index in [0.717, 1.165) is 0 Å². The molecule has 4 heteroatoms. The van der Waals surface area contributed by atoms with Gasteiger partial charge in [0.25, 0.3) is 0 Å². The zero-order chi connectivity index (χ0) is 9.02. The van der Waals surface area contributed by atoms with Gasteiger partial charge in [0.1, 0.15) is 0 Å². The lowest BCUT2D eigenvalue weighted by Gasteiger charge is -2.27. The first-order valence-electron chi connectivity index (χ1n) is 3.71. The van der Waals surface area contributed by atoms with Crippen LogP contribution >= 0.6 is 0 Å². The molecule has 0 aromatic carbocycles. The van der Waals surface area contributed by atoms with Crippen molar-refractivity contribution in [1.29, 1.82) is 0 Å². The Morgan fingerprint density at radius 3 is 2.18 bits per heavy atom. The third kappa shape index (κ3) is 2.65. The van der Waals surface area contributed by atoms with Crippen LogP contribution in [-0.2, 0) is 0 Å². The minimum Gasteiger partial charge on any atom is -0.408 e. The van der Waals surface area contributed by atoms with Gasteiger partial charge in [-0.2, -0.15) is 0 Å². The average Bonchev–Trinajstić information content (AvgIpc) is 2.00. The summed E-state index contributed by atoms with van der Waals surface area (Å²) in [7, 11) is 1.81. The first-order chi connectivity index (χ1) is 5.00. The monoisotopic (exact) mass is 159 g/mol. The topological polar surface area (TPSA) is 61.8 Å². The molecule has 0 aliphatic carbocycles. The van der Waals surface area contributed by atoms with Crippen LogP contribution in [-0.4, -0.2) is 29.2 Å². The highest BCUT2D eigenvalue weighted by molar-refractivity contribution is 5.77. The first kappa shape index (κ1) is 10.1. The van der Waals surface area contributed by atoms with Crippen molar-refractivity contribution < 1.29 is 5.21 Å². The van der Waals surface area contributed by atoms with E-state index in [2.05, 4.69) is 19.0 Å². The van der Waals surface area contributed by atoms with Gasteiger partial charge in [-0.25, -0.2) is 0 Å². The number of oxime groups is 1. The molecular weight excluding hydrogens is 142 g/mol. The Kier molecular flexibility index (Phi) is 3.71. The normalized spacial score (nSPS) is 15.2. The lowest BCUT2D eigenvalue weighted by Crippen LogP contribution is -2.42. The van der Waals surface area contributed by atoms with Gasteiger partial charge < -0.3 is 15.8 Å². The van der Waals surface area contributed by atoms with E-state index in [0.29, 0.717) is 5.92 Å². The Morgan fingerprint density at radius 1 is 1.45 bits per heavy atom. The van der Waals surface area contributed by atoms with Crippen molar-refractivity contribution in [3.63, 3.8) is 0 Å². The number of hydrogen-bond donors (Lipinski definition) is 2. The molecule has 1 atom stereocenters. The Labute approximate surface area is 67.7 Å². The summed E-state index contributed by atoms with van der Waals surface area (Å²) in [5.74, 6) is 0.645. The molecule has 4 nitrogen and oxygen atoms in total. The summed E-state index contributed by atoms with van der Waals surface area (Å²) in [5, 5.41) is 11.3. The van der Waals surface area contributed by atoms with Gasteiger partial charge in [-0.05, 0) is 12.8 Å². The van der Waals surface area contributed by atoms with E-state index in [4.69, 9.17) is 10.9 Å². The van der Waals surface area contributed by atoms with Crippen LogP contribution in [0.4, 0.5) is 0 Å². The largest absolute Gasteiger partial charge is 0.408 e. The molecule has 0 saturated heterocycles. The van der Waals surface area contributed by atoms with Gasteiger partial charge >= 0.3 is 0 Å². The highest BCUT2D eigenvalue weighted by Gasteiger charge is 2.14. The molecule has 0 aliphatic heterocycles. The number of hydrogen-bond acceptors (Lipinski definition) is 2. The van der Waals surface area contributed by atoms with Gasteiger partial charge in [0.15, 0.2) is 0 Å². The third-order valence-electron chi connectivity index (χ3n) is 2.04. The van der Waals surface area contributed by atoms with Gasteiger partial charge in [0.05, 0.1) is 0 Å². The van der Waals surface area contributed by atoms with Crippen LogP contribution in [0.1, 0.15) is 20.8 Å². The van der Waals surface area contributed by atoms with E-state index in [-0.39, 0.29) is 12.0 Å². The maximum atomic E-state index is 8.36. The van der Waals surface area contributed by atoms with Crippen LogP contribution in [0.3, 0.4) is 0 Å². The van der Waals surface area contributed by atoms with Crippen molar-refractivity contribution in [2.24, 2.45) is 16.8 Å². The van der Waals surface area contributed by atoms with Crippen molar-refractivity contribution >= 4 is 5.96 Å². The molecular formula is C7H17N3O. The number of guanidine groups is 1. The zero-order valence-corrected chi connectivity index (χ0v) is 7.57. The summed E-state index contributed by atoms with van der Waals surface area (Å²) in [6.07, 6.45) is 0. The van der Waals surface area contributed by atoms with Gasteiger partial charge in [-0.3, -0.25) is 0 Å². The molecule has 0 heterocycles. The lowest BCUT2D eigenvalue weighted by atomic mass is 10.1. The number of rotatable bonds is 2. The summed E-state index contributed by atoms with van der Waals surface area (Å²) >= 11 is 0. The molecule has 0 rings (SSSR count). The molecule has 0 saturated carbocycles. The fraction of sp³-hybridized carbons (Fsp3) is 0.857. The Hall–Kier alpha value is -0.930. The van der Waals surface area contributed by atoms with E-state index in [1.807, 2.05) is 6.92 Å². The van der Waals surface area contributed by atoms with Crippen LogP contribution in [0.25, 0.3) is 0 Å². The van der Waals surface area contributed by atoms with Gasteiger partial charge in [-0.1, -0.05) is 19.0 Å². The molecule has 0 aromatic heterocycles. The molecule has 0 fully saturated rings. The standard InChI is InChI=1S/C7H17N3O/c1-5(2)6(3)10(4)7(8)9-11/h5-6,11H,1-4H3,(H2,8,9). The molecule has 0 radical (unpaired) electrons. The van der Waals surface area contributed by atoms with Gasteiger partial charge in [0, 0.05) is 13.1 Å². The molecule has 3 N–H and O–H groups in total. The van der Waals surface area contributed by atoms with E-state index < -0.39 is 0 Å².